The van der Waals surface area contributed by atoms with E-state index in [2.05, 4.69) is 18.7 Å². The largest absolute Gasteiger partial charge is 0.371 e. The molecule has 88 valence electrons. The van der Waals surface area contributed by atoms with Crippen LogP contribution in [0, 0.1) is 17.7 Å². The summed E-state index contributed by atoms with van der Waals surface area (Å²) in [6, 6.07) is 4.89. The first-order chi connectivity index (χ1) is 7.61. The van der Waals surface area contributed by atoms with Gasteiger partial charge in [0.2, 0.25) is 0 Å². The predicted molar refractivity (Wildman–Crippen MR) is 64.8 cm³/mol. The Labute approximate surface area is 96.2 Å². The Kier molecular flexibility index (Phi) is 3.15. The SMILES string of the molecule is CC(C)C1CN(c2ccc(F)cc2CN)C1. The molecule has 1 fully saturated rings. The van der Waals surface area contributed by atoms with Gasteiger partial charge in [0, 0.05) is 25.3 Å². The lowest BCUT2D eigenvalue weighted by Gasteiger charge is -2.44. The van der Waals surface area contributed by atoms with Gasteiger partial charge in [-0.1, -0.05) is 13.8 Å². The number of hydrogen-bond donors (Lipinski definition) is 1. The van der Waals surface area contributed by atoms with E-state index in [0.29, 0.717) is 6.54 Å². The molecule has 0 aliphatic carbocycles. The molecule has 2 N–H and O–H groups in total. The van der Waals surface area contributed by atoms with E-state index in [9.17, 15) is 4.39 Å². The summed E-state index contributed by atoms with van der Waals surface area (Å²) >= 11 is 0. The van der Waals surface area contributed by atoms with Crippen molar-refractivity contribution in [1.82, 2.24) is 0 Å². The second kappa shape index (κ2) is 4.42. The van der Waals surface area contributed by atoms with Crippen LogP contribution in [-0.2, 0) is 6.54 Å². The molecule has 3 heteroatoms. The minimum Gasteiger partial charge on any atom is -0.371 e. The Bertz CT molecular complexity index is 370. The van der Waals surface area contributed by atoms with Crippen LogP contribution in [0.2, 0.25) is 0 Å². The van der Waals surface area contributed by atoms with Crippen LogP contribution < -0.4 is 10.6 Å². The topological polar surface area (TPSA) is 29.3 Å². The molecule has 0 saturated carbocycles. The molecular formula is C13H19FN2. The predicted octanol–water partition coefficient (Wildman–Crippen LogP) is 2.38. The van der Waals surface area contributed by atoms with Crippen LogP contribution in [0.15, 0.2) is 18.2 Å². The summed E-state index contributed by atoms with van der Waals surface area (Å²) in [5, 5.41) is 0. The summed E-state index contributed by atoms with van der Waals surface area (Å²) in [5.41, 5.74) is 7.64. The molecule has 1 aliphatic rings. The van der Waals surface area contributed by atoms with Gasteiger partial charge in [-0.2, -0.15) is 0 Å². The number of nitrogens with zero attached hydrogens (tertiary/aromatic N) is 1. The lowest BCUT2D eigenvalue weighted by Crippen LogP contribution is -2.49. The monoisotopic (exact) mass is 222 g/mol. The molecule has 2 rings (SSSR count). The molecule has 1 saturated heterocycles. The molecule has 0 aromatic heterocycles. The van der Waals surface area contributed by atoms with E-state index in [-0.39, 0.29) is 5.82 Å². The minimum absolute atomic E-state index is 0.204. The number of rotatable bonds is 3. The average molecular weight is 222 g/mol. The van der Waals surface area contributed by atoms with Crippen LogP contribution >= 0.6 is 0 Å². The second-order valence-corrected chi connectivity index (χ2v) is 4.89. The maximum atomic E-state index is 13.1. The van der Waals surface area contributed by atoms with Gasteiger partial charge in [0.15, 0.2) is 0 Å². The van der Waals surface area contributed by atoms with Crippen LogP contribution in [-0.4, -0.2) is 13.1 Å². The lowest BCUT2D eigenvalue weighted by molar-refractivity contribution is 0.309. The third-order valence-electron chi connectivity index (χ3n) is 3.45. The first-order valence-corrected chi connectivity index (χ1v) is 5.85. The van der Waals surface area contributed by atoms with Crippen molar-refractivity contribution in [3.8, 4) is 0 Å². The van der Waals surface area contributed by atoms with E-state index in [0.717, 1.165) is 36.2 Å². The average Bonchev–Trinajstić information content (AvgIpc) is 2.17. The zero-order valence-electron chi connectivity index (χ0n) is 9.91. The van der Waals surface area contributed by atoms with E-state index in [1.165, 1.54) is 12.1 Å². The van der Waals surface area contributed by atoms with Gasteiger partial charge >= 0.3 is 0 Å². The van der Waals surface area contributed by atoms with Crippen molar-refractivity contribution in [2.24, 2.45) is 17.6 Å². The van der Waals surface area contributed by atoms with Crippen molar-refractivity contribution < 1.29 is 4.39 Å². The molecule has 2 nitrogen and oxygen atoms in total. The molecule has 0 amide bonds. The highest BCUT2D eigenvalue weighted by atomic mass is 19.1. The highest BCUT2D eigenvalue weighted by molar-refractivity contribution is 5.55. The zero-order chi connectivity index (χ0) is 11.7. The van der Waals surface area contributed by atoms with Crippen LogP contribution in [0.25, 0.3) is 0 Å². The maximum absolute atomic E-state index is 13.1. The van der Waals surface area contributed by atoms with Gasteiger partial charge in [0.05, 0.1) is 0 Å². The van der Waals surface area contributed by atoms with Crippen molar-refractivity contribution in [3.63, 3.8) is 0 Å². The Balaban J connectivity index is 2.11. The fourth-order valence-corrected chi connectivity index (χ4v) is 2.16. The summed E-state index contributed by atoms with van der Waals surface area (Å²) < 4.78 is 13.1. The van der Waals surface area contributed by atoms with Gasteiger partial charge in [-0.15, -0.1) is 0 Å². The Morgan fingerprint density at radius 1 is 1.44 bits per heavy atom. The Morgan fingerprint density at radius 2 is 2.12 bits per heavy atom. The molecular weight excluding hydrogens is 203 g/mol. The molecule has 1 heterocycles. The normalized spacial score (nSPS) is 16.7. The van der Waals surface area contributed by atoms with E-state index in [4.69, 9.17) is 5.73 Å². The van der Waals surface area contributed by atoms with Crippen molar-refractivity contribution in [1.29, 1.82) is 0 Å². The van der Waals surface area contributed by atoms with E-state index in [1.54, 1.807) is 0 Å². The maximum Gasteiger partial charge on any atom is 0.123 e. The van der Waals surface area contributed by atoms with Crippen molar-refractivity contribution in [3.05, 3.63) is 29.6 Å². The minimum atomic E-state index is -0.204. The van der Waals surface area contributed by atoms with Crippen molar-refractivity contribution in [2.75, 3.05) is 18.0 Å². The van der Waals surface area contributed by atoms with Gasteiger partial charge in [0.1, 0.15) is 5.82 Å². The molecule has 0 bridgehead atoms. The molecule has 1 aliphatic heterocycles. The highest BCUT2D eigenvalue weighted by Crippen LogP contribution is 2.31. The standard InChI is InChI=1S/C13H19FN2/c1-9(2)11-7-16(8-11)13-4-3-12(14)5-10(13)6-15/h3-5,9,11H,6-8,15H2,1-2H3. The summed E-state index contributed by atoms with van der Waals surface area (Å²) in [6.07, 6.45) is 0. The van der Waals surface area contributed by atoms with Gasteiger partial charge in [0.25, 0.3) is 0 Å². The van der Waals surface area contributed by atoms with Crippen LogP contribution in [0.5, 0.6) is 0 Å². The van der Waals surface area contributed by atoms with Crippen LogP contribution in [0.1, 0.15) is 19.4 Å². The molecule has 0 spiro atoms. The molecule has 0 unspecified atom stereocenters. The van der Waals surface area contributed by atoms with Crippen molar-refractivity contribution >= 4 is 5.69 Å². The molecule has 1 aromatic carbocycles. The second-order valence-electron chi connectivity index (χ2n) is 4.89. The fourth-order valence-electron chi connectivity index (χ4n) is 2.16. The zero-order valence-corrected chi connectivity index (χ0v) is 9.91. The van der Waals surface area contributed by atoms with E-state index >= 15 is 0 Å². The summed E-state index contributed by atoms with van der Waals surface area (Å²) in [5.74, 6) is 1.28. The smallest absolute Gasteiger partial charge is 0.123 e. The van der Waals surface area contributed by atoms with Gasteiger partial charge in [-0.25, -0.2) is 4.39 Å². The summed E-state index contributed by atoms with van der Waals surface area (Å²) in [4.78, 5) is 2.28. The van der Waals surface area contributed by atoms with E-state index in [1.807, 2.05) is 6.07 Å². The number of benzene rings is 1. The first-order valence-electron chi connectivity index (χ1n) is 5.85. The van der Waals surface area contributed by atoms with Gasteiger partial charge in [-0.3, -0.25) is 0 Å². The third kappa shape index (κ3) is 2.05. The third-order valence-corrected chi connectivity index (χ3v) is 3.45. The number of hydrogen-bond acceptors (Lipinski definition) is 2. The van der Waals surface area contributed by atoms with Crippen LogP contribution in [0.3, 0.4) is 0 Å². The Hall–Kier alpha value is -1.09. The number of anilines is 1. The fraction of sp³-hybridized carbons (Fsp3) is 0.538. The van der Waals surface area contributed by atoms with Gasteiger partial charge < -0.3 is 10.6 Å². The molecule has 0 radical (unpaired) electrons. The molecule has 16 heavy (non-hydrogen) atoms. The molecule has 1 aromatic rings. The summed E-state index contributed by atoms with van der Waals surface area (Å²) in [7, 11) is 0. The highest BCUT2D eigenvalue weighted by Gasteiger charge is 2.30. The first kappa shape index (κ1) is 11.4. The number of halogens is 1. The number of nitrogens with two attached hydrogens (primary N) is 1. The quantitative estimate of drug-likeness (QED) is 0.850. The van der Waals surface area contributed by atoms with Gasteiger partial charge in [-0.05, 0) is 35.6 Å². The lowest BCUT2D eigenvalue weighted by atomic mass is 9.87. The van der Waals surface area contributed by atoms with E-state index < -0.39 is 0 Å². The molecule has 0 atom stereocenters. The Morgan fingerprint density at radius 3 is 2.69 bits per heavy atom. The van der Waals surface area contributed by atoms with Crippen LogP contribution in [0.4, 0.5) is 10.1 Å². The summed E-state index contributed by atoms with van der Waals surface area (Å²) in [6.45, 7) is 7.02. The van der Waals surface area contributed by atoms with Crippen molar-refractivity contribution in [2.45, 2.75) is 20.4 Å².